The third-order valence-electron chi connectivity index (χ3n) is 4.83. The first kappa shape index (κ1) is 20.2. The highest BCUT2D eigenvalue weighted by Crippen LogP contribution is 2.23. The highest BCUT2D eigenvalue weighted by Gasteiger charge is 2.19. The first-order valence-corrected chi connectivity index (χ1v) is 9.99. The Balaban J connectivity index is 1.57. The number of nitrogens with one attached hydrogen (secondary N) is 2. The highest BCUT2D eigenvalue weighted by molar-refractivity contribution is 6.34. The van der Waals surface area contributed by atoms with Gasteiger partial charge in [-0.1, -0.05) is 48.6 Å². The maximum absolute atomic E-state index is 12.6. The summed E-state index contributed by atoms with van der Waals surface area (Å²) >= 11 is 6.20. The third-order valence-corrected chi connectivity index (χ3v) is 5.16. The van der Waals surface area contributed by atoms with E-state index >= 15 is 0 Å². The number of hydrogen-bond donors (Lipinski definition) is 2. The fourth-order valence-electron chi connectivity index (χ4n) is 3.27. The Bertz CT molecular complexity index is 830. The number of rotatable bonds is 6. The van der Waals surface area contributed by atoms with Gasteiger partial charge in [-0.25, -0.2) is 0 Å². The van der Waals surface area contributed by atoms with Crippen LogP contribution in [-0.4, -0.2) is 24.5 Å². The number of anilines is 1. The molecule has 1 aliphatic carbocycles. The summed E-state index contributed by atoms with van der Waals surface area (Å²) in [5, 5.41) is 6.16. The summed E-state index contributed by atoms with van der Waals surface area (Å²) in [5.74, 6) is 0.120. The second-order valence-corrected chi connectivity index (χ2v) is 7.56. The number of carbonyl (C=O) groups is 2. The number of aryl methyl sites for hydroxylation is 1. The van der Waals surface area contributed by atoms with E-state index in [1.54, 1.807) is 18.2 Å². The van der Waals surface area contributed by atoms with Crippen LogP contribution in [0.25, 0.3) is 0 Å². The number of carbonyl (C=O) groups excluding carboxylic acids is 2. The first-order chi connectivity index (χ1) is 13.5. The Morgan fingerprint density at radius 2 is 1.79 bits per heavy atom. The molecule has 2 aromatic carbocycles. The number of hydrogen-bond acceptors (Lipinski definition) is 3. The molecule has 3 rings (SSSR count). The number of amides is 2. The number of halogens is 1. The van der Waals surface area contributed by atoms with Crippen LogP contribution in [0.2, 0.25) is 5.02 Å². The topological polar surface area (TPSA) is 67.4 Å². The standard InChI is InChI=1S/C22H25ClN2O3/c1-15-7-10-18(11-8-15)28-14-21(26)24-17-9-12-20(23)19(13-17)22(27)25-16-5-3-2-4-6-16/h7-13,16H,2-6,14H2,1H3,(H,24,26)(H,25,27). The quantitative estimate of drug-likeness (QED) is 0.736. The summed E-state index contributed by atoms with van der Waals surface area (Å²) in [6.45, 7) is 1.87. The Morgan fingerprint density at radius 1 is 1.07 bits per heavy atom. The van der Waals surface area contributed by atoms with E-state index in [0.717, 1.165) is 31.2 Å². The molecule has 148 valence electrons. The molecule has 0 aliphatic heterocycles. The summed E-state index contributed by atoms with van der Waals surface area (Å²) < 4.78 is 5.48. The van der Waals surface area contributed by atoms with Gasteiger partial charge in [0.15, 0.2) is 6.61 Å². The van der Waals surface area contributed by atoms with Crippen LogP contribution in [-0.2, 0) is 4.79 Å². The Labute approximate surface area is 170 Å². The second kappa shape index (κ2) is 9.60. The van der Waals surface area contributed by atoms with Crippen molar-refractivity contribution in [3.05, 3.63) is 58.6 Å². The average Bonchev–Trinajstić information content (AvgIpc) is 2.70. The average molecular weight is 401 g/mol. The normalized spacial score (nSPS) is 14.4. The lowest BCUT2D eigenvalue weighted by atomic mass is 9.95. The van der Waals surface area contributed by atoms with Crippen molar-refractivity contribution in [2.75, 3.05) is 11.9 Å². The van der Waals surface area contributed by atoms with Gasteiger partial charge >= 0.3 is 0 Å². The molecule has 0 saturated heterocycles. The van der Waals surface area contributed by atoms with E-state index in [1.165, 1.54) is 6.42 Å². The summed E-state index contributed by atoms with van der Waals surface area (Å²) in [6.07, 6.45) is 5.48. The minimum Gasteiger partial charge on any atom is -0.484 e. The molecular formula is C22H25ClN2O3. The molecule has 1 fully saturated rings. The molecule has 0 radical (unpaired) electrons. The maximum Gasteiger partial charge on any atom is 0.262 e. The molecule has 1 saturated carbocycles. The van der Waals surface area contributed by atoms with Gasteiger partial charge in [-0.15, -0.1) is 0 Å². The van der Waals surface area contributed by atoms with Crippen LogP contribution >= 0.6 is 11.6 Å². The predicted octanol–water partition coefficient (Wildman–Crippen LogP) is 4.73. The molecule has 2 N–H and O–H groups in total. The smallest absolute Gasteiger partial charge is 0.262 e. The lowest BCUT2D eigenvalue weighted by molar-refractivity contribution is -0.118. The maximum atomic E-state index is 12.6. The van der Waals surface area contributed by atoms with Gasteiger partial charge in [0.05, 0.1) is 10.6 Å². The first-order valence-electron chi connectivity index (χ1n) is 9.61. The summed E-state index contributed by atoms with van der Waals surface area (Å²) in [5.41, 5.74) is 2.00. The van der Waals surface area contributed by atoms with Crippen LogP contribution in [0.15, 0.2) is 42.5 Å². The van der Waals surface area contributed by atoms with E-state index in [9.17, 15) is 9.59 Å². The zero-order chi connectivity index (χ0) is 19.9. The second-order valence-electron chi connectivity index (χ2n) is 7.15. The van der Waals surface area contributed by atoms with Gasteiger partial charge in [-0.2, -0.15) is 0 Å². The molecule has 6 heteroatoms. The van der Waals surface area contributed by atoms with Crippen molar-refractivity contribution >= 4 is 29.1 Å². The van der Waals surface area contributed by atoms with Crippen LogP contribution in [0.4, 0.5) is 5.69 Å². The lowest BCUT2D eigenvalue weighted by Crippen LogP contribution is -2.36. The van der Waals surface area contributed by atoms with Gasteiger partial charge in [-0.05, 0) is 50.1 Å². The van der Waals surface area contributed by atoms with Crippen molar-refractivity contribution in [2.24, 2.45) is 0 Å². The molecule has 2 aromatic rings. The number of benzene rings is 2. The monoisotopic (exact) mass is 400 g/mol. The van der Waals surface area contributed by atoms with Crippen molar-refractivity contribution in [1.29, 1.82) is 0 Å². The van der Waals surface area contributed by atoms with Gasteiger partial charge in [-0.3, -0.25) is 9.59 Å². The van der Waals surface area contributed by atoms with Crippen molar-refractivity contribution < 1.29 is 14.3 Å². The van der Waals surface area contributed by atoms with E-state index in [1.807, 2.05) is 31.2 Å². The van der Waals surface area contributed by atoms with Crippen LogP contribution in [0.5, 0.6) is 5.75 Å². The molecular weight excluding hydrogens is 376 g/mol. The fourth-order valence-corrected chi connectivity index (χ4v) is 3.47. The van der Waals surface area contributed by atoms with Gasteiger partial charge < -0.3 is 15.4 Å². The highest BCUT2D eigenvalue weighted by atomic mass is 35.5. The summed E-state index contributed by atoms with van der Waals surface area (Å²) in [4.78, 5) is 24.7. The molecule has 28 heavy (non-hydrogen) atoms. The Hall–Kier alpha value is -2.53. The van der Waals surface area contributed by atoms with Crippen LogP contribution in [0, 0.1) is 6.92 Å². The van der Waals surface area contributed by atoms with E-state index in [2.05, 4.69) is 10.6 Å². The minimum absolute atomic E-state index is 0.116. The van der Waals surface area contributed by atoms with Crippen molar-refractivity contribution in [1.82, 2.24) is 5.32 Å². The van der Waals surface area contributed by atoms with Gasteiger partial charge in [0.25, 0.3) is 11.8 Å². The fraction of sp³-hybridized carbons (Fsp3) is 0.364. The SMILES string of the molecule is Cc1ccc(OCC(=O)Nc2ccc(Cl)c(C(=O)NC3CCCCC3)c2)cc1. The van der Waals surface area contributed by atoms with Gasteiger partial charge in [0.1, 0.15) is 5.75 Å². The third kappa shape index (κ3) is 5.73. The summed E-state index contributed by atoms with van der Waals surface area (Å²) in [7, 11) is 0. The van der Waals surface area contributed by atoms with Crippen LogP contribution in [0.1, 0.15) is 48.0 Å². The van der Waals surface area contributed by atoms with Gasteiger partial charge in [0, 0.05) is 11.7 Å². The van der Waals surface area contributed by atoms with Gasteiger partial charge in [0.2, 0.25) is 0 Å². The minimum atomic E-state index is -0.304. The molecule has 0 heterocycles. The molecule has 0 atom stereocenters. The van der Waals surface area contributed by atoms with E-state index in [4.69, 9.17) is 16.3 Å². The largest absolute Gasteiger partial charge is 0.484 e. The van der Waals surface area contributed by atoms with Crippen LogP contribution in [0.3, 0.4) is 0 Å². The molecule has 0 aromatic heterocycles. The molecule has 5 nitrogen and oxygen atoms in total. The lowest BCUT2D eigenvalue weighted by Gasteiger charge is -2.23. The Morgan fingerprint density at radius 3 is 2.50 bits per heavy atom. The number of ether oxygens (including phenoxy) is 1. The van der Waals surface area contributed by atoms with Crippen LogP contribution < -0.4 is 15.4 Å². The molecule has 0 unspecified atom stereocenters. The van der Waals surface area contributed by atoms with E-state index in [-0.39, 0.29) is 24.5 Å². The van der Waals surface area contributed by atoms with Crippen molar-refractivity contribution in [2.45, 2.75) is 45.1 Å². The van der Waals surface area contributed by atoms with E-state index < -0.39 is 0 Å². The van der Waals surface area contributed by atoms with E-state index in [0.29, 0.717) is 22.0 Å². The van der Waals surface area contributed by atoms with Crippen molar-refractivity contribution in [3.8, 4) is 5.75 Å². The van der Waals surface area contributed by atoms with Crippen molar-refractivity contribution in [3.63, 3.8) is 0 Å². The molecule has 0 bridgehead atoms. The summed E-state index contributed by atoms with van der Waals surface area (Å²) in [6, 6.07) is 12.6. The predicted molar refractivity (Wildman–Crippen MR) is 111 cm³/mol. The Kier molecular flexibility index (Phi) is 6.93. The zero-order valence-electron chi connectivity index (χ0n) is 16.0. The molecule has 0 spiro atoms. The molecule has 2 amide bonds. The molecule has 1 aliphatic rings. The zero-order valence-corrected chi connectivity index (χ0v) is 16.7.